The van der Waals surface area contributed by atoms with E-state index in [1.807, 2.05) is 0 Å². The Balaban J connectivity index is 4.15. The van der Waals surface area contributed by atoms with Crippen molar-refractivity contribution < 1.29 is 9.53 Å². The van der Waals surface area contributed by atoms with E-state index in [9.17, 15) is 4.79 Å². The smallest absolute Gasteiger partial charge is 0.421 e. The SMILES string of the molecule is CCCCN(C#CCI)C(=O)OCC. The Kier molecular flexibility index (Phi) is 8.84. The molecule has 0 fully saturated rings. The van der Waals surface area contributed by atoms with Crippen LogP contribution in [0.25, 0.3) is 0 Å². The van der Waals surface area contributed by atoms with Gasteiger partial charge in [0, 0.05) is 12.6 Å². The number of alkyl halides is 1. The van der Waals surface area contributed by atoms with Gasteiger partial charge >= 0.3 is 6.09 Å². The van der Waals surface area contributed by atoms with Crippen LogP contribution >= 0.6 is 22.6 Å². The molecule has 0 saturated heterocycles. The molecule has 3 nitrogen and oxygen atoms in total. The molecule has 0 saturated carbocycles. The number of amides is 1. The second-order valence-corrected chi connectivity index (χ2v) is 3.39. The topological polar surface area (TPSA) is 29.5 Å². The van der Waals surface area contributed by atoms with Crippen molar-refractivity contribution >= 4 is 28.7 Å². The van der Waals surface area contributed by atoms with Gasteiger partial charge in [0.05, 0.1) is 11.0 Å². The minimum Gasteiger partial charge on any atom is -0.449 e. The summed E-state index contributed by atoms with van der Waals surface area (Å²) in [6.07, 6.45) is 1.66. The summed E-state index contributed by atoms with van der Waals surface area (Å²) in [6.45, 7) is 4.92. The maximum absolute atomic E-state index is 11.4. The second-order valence-electron chi connectivity index (χ2n) is 2.63. The van der Waals surface area contributed by atoms with Gasteiger partial charge in [0.15, 0.2) is 0 Å². The Bertz CT molecular complexity index is 220. The number of rotatable bonds is 4. The summed E-state index contributed by atoms with van der Waals surface area (Å²) in [7, 11) is 0. The van der Waals surface area contributed by atoms with Gasteiger partial charge in [-0.25, -0.2) is 9.69 Å². The zero-order valence-corrected chi connectivity index (χ0v) is 10.8. The number of unbranched alkanes of at least 4 members (excludes halogenated alkanes) is 1. The number of halogens is 1. The van der Waals surface area contributed by atoms with E-state index in [1.165, 1.54) is 4.90 Å². The van der Waals surface area contributed by atoms with Crippen molar-refractivity contribution in [2.45, 2.75) is 26.7 Å². The normalized spacial score (nSPS) is 8.79. The van der Waals surface area contributed by atoms with Gasteiger partial charge in [-0.15, -0.1) is 0 Å². The third-order valence-corrected chi connectivity index (χ3v) is 1.89. The van der Waals surface area contributed by atoms with Crippen molar-refractivity contribution in [3.05, 3.63) is 0 Å². The summed E-state index contributed by atoms with van der Waals surface area (Å²) in [6, 6.07) is 2.79. The summed E-state index contributed by atoms with van der Waals surface area (Å²) >= 11 is 2.15. The molecule has 0 heterocycles. The fraction of sp³-hybridized carbons (Fsp3) is 0.700. The molecule has 80 valence electrons. The van der Waals surface area contributed by atoms with Gasteiger partial charge in [0.2, 0.25) is 0 Å². The molecular formula is C10H16INO2. The van der Waals surface area contributed by atoms with Gasteiger partial charge in [-0.05, 0) is 13.3 Å². The lowest BCUT2D eigenvalue weighted by Crippen LogP contribution is -2.28. The molecule has 0 aliphatic heterocycles. The van der Waals surface area contributed by atoms with Crippen LogP contribution in [0.2, 0.25) is 0 Å². The first-order valence-electron chi connectivity index (χ1n) is 4.75. The largest absolute Gasteiger partial charge is 0.449 e. The number of ether oxygens (including phenoxy) is 1. The highest BCUT2D eigenvalue weighted by atomic mass is 127. The molecule has 0 bridgehead atoms. The summed E-state index contributed by atoms with van der Waals surface area (Å²) in [5.74, 6) is 2.86. The lowest BCUT2D eigenvalue weighted by atomic mass is 10.3. The number of nitrogens with zero attached hydrogens (tertiary/aromatic N) is 1. The summed E-state index contributed by atoms with van der Waals surface area (Å²) in [5, 5.41) is 0. The maximum atomic E-state index is 11.4. The van der Waals surface area contributed by atoms with Crippen molar-refractivity contribution in [2.75, 3.05) is 17.6 Å². The molecule has 0 aromatic carbocycles. The molecule has 0 aliphatic rings. The summed E-state index contributed by atoms with van der Waals surface area (Å²) in [5.41, 5.74) is 0. The quantitative estimate of drug-likeness (QED) is 0.346. The third-order valence-electron chi connectivity index (χ3n) is 1.50. The van der Waals surface area contributed by atoms with Crippen LogP contribution in [-0.2, 0) is 4.74 Å². The van der Waals surface area contributed by atoms with E-state index in [2.05, 4.69) is 41.5 Å². The number of carbonyl (C=O) groups is 1. The highest BCUT2D eigenvalue weighted by Gasteiger charge is 2.10. The molecule has 0 aromatic rings. The minimum atomic E-state index is -0.335. The Hall–Kier alpha value is -0.440. The van der Waals surface area contributed by atoms with Crippen molar-refractivity contribution in [3.63, 3.8) is 0 Å². The highest BCUT2D eigenvalue weighted by molar-refractivity contribution is 14.1. The second kappa shape index (κ2) is 9.13. The average Bonchev–Trinajstić information content (AvgIpc) is 2.18. The van der Waals surface area contributed by atoms with Crippen LogP contribution in [0.4, 0.5) is 4.79 Å². The Morgan fingerprint density at radius 2 is 2.21 bits per heavy atom. The lowest BCUT2D eigenvalue weighted by Gasteiger charge is -2.14. The molecule has 0 rings (SSSR count). The van der Waals surface area contributed by atoms with Crippen LogP contribution in [0.3, 0.4) is 0 Å². The fourth-order valence-electron chi connectivity index (χ4n) is 0.836. The average molecular weight is 309 g/mol. The molecule has 0 radical (unpaired) electrons. The predicted molar refractivity (Wildman–Crippen MR) is 65.3 cm³/mol. The number of hydrogen-bond acceptors (Lipinski definition) is 2. The summed E-state index contributed by atoms with van der Waals surface area (Å²) in [4.78, 5) is 12.8. The molecule has 0 N–H and O–H groups in total. The molecule has 0 spiro atoms. The van der Waals surface area contributed by atoms with Crippen LogP contribution in [0.15, 0.2) is 0 Å². The maximum Gasteiger partial charge on any atom is 0.421 e. The zero-order chi connectivity index (χ0) is 10.8. The van der Waals surface area contributed by atoms with E-state index in [4.69, 9.17) is 4.74 Å². The van der Waals surface area contributed by atoms with Crippen LogP contribution in [-0.4, -0.2) is 28.6 Å². The molecular weight excluding hydrogens is 293 g/mol. The number of carbonyl (C=O) groups excluding carboxylic acids is 1. The van der Waals surface area contributed by atoms with E-state index in [-0.39, 0.29) is 6.09 Å². The van der Waals surface area contributed by atoms with Crippen LogP contribution in [0.1, 0.15) is 26.7 Å². The molecule has 4 heteroatoms. The predicted octanol–water partition coefficient (Wildman–Crippen LogP) is 2.64. The van der Waals surface area contributed by atoms with Crippen LogP contribution in [0.5, 0.6) is 0 Å². The first-order chi connectivity index (χ1) is 6.76. The van der Waals surface area contributed by atoms with Gasteiger partial charge in [0.1, 0.15) is 0 Å². The molecule has 0 atom stereocenters. The Morgan fingerprint density at radius 3 is 2.71 bits per heavy atom. The van der Waals surface area contributed by atoms with Gasteiger partial charge in [0.25, 0.3) is 0 Å². The first kappa shape index (κ1) is 13.6. The standard InChI is InChI=1S/C10H16INO2/c1-3-5-8-12(9-6-7-11)10(13)14-4-2/h3-5,7-8H2,1-2H3. The third kappa shape index (κ3) is 6.08. The van der Waals surface area contributed by atoms with E-state index in [0.29, 0.717) is 13.2 Å². The van der Waals surface area contributed by atoms with E-state index >= 15 is 0 Å². The summed E-state index contributed by atoms with van der Waals surface area (Å²) < 4.78 is 5.60. The molecule has 14 heavy (non-hydrogen) atoms. The van der Waals surface area contributed by atoms with E-state index in [0.717, 1.165) is 17.3 Å². The first-order valence-corrected chi connectivity index (χ1v) is 6.27. The number of hydrogen-bond donors (Lipinski definition) is 0. The molecule has 0 unspecified atom stereocenters. The van der Waals surface area contributed by atoms with Crippen LogP contribution in [0, 0.1) is 12.0 Å². The van der Waals surface area contributed by atoms with Gasteiger partial charge in [-0.1, -0.05) is 41.9 Å². The van der Waals surface area contributed by atoms with Gasteiger partial charge < -0.3 is 4.74 Å². The fourth-order valence-corrected chi connectivity index (χ4v) is 1.01. The van der Waals surface area contributed by atoms with Crippen molar-refractivity contribution in [1.29, 1.82) is 0 Å². The van der Waals surface area contributed by atoms with Gasteiger partial charge in [-0.3, -0.25) is 0 Å². The van der Waals surface area contributed by atoms with E-state index < -0.39 is 0 Å². The van der Waals surface area contributed by atoms with Crippen LogP contribution < -0.4 is 0 Å². The molecule has 0 aromatic heterocycles. The monoisotopic (exact) mass is 309 g/mol. The molecule has 0 aliphatic carbocycles. The van der Waals surface area contributed by atoms with Crippen molar-refractivity contribution in [1.82, 2.24) is 4.90 Å². The minimum absolute atomic E-state index is 0.335. The molecule has 1 amide bonds. The van der Waals surface area contributed by atoms with Crippen molar-refractivity contribution in [3.8, 4) is 12.0 Å². The lowest BCUT2D eigenvalue weighted by molar-refractivity contribution is 0.125. The van der Waals surface area contributed by atoms with Gasteiger partial charge in [-0.2, -0.15) is 0 Å². The Morgan fingerprint density at radius 1 is 1.50 bits per heavy atom. The highest BCUT2D eigenvalue weighted by Crippen LogP contribution is 1.97. The van der Waals surface area contributed by atoms with E-state index in [1.54, 1.807) is 6.92 Å². The zero-order valence-electron chi connectivity index (χ0n) is 8.68. The Labute approximate surface area is 99.3 Å². The van der Waals surface area contributed by atoms with Crippen molar-refractivity contribution in [2.24, 2.45) is 0 Å².